The van der Waals surface area contributed by atoms with Gasteiger partial charge in [-0.1, -0.05) is 12.1 Å². The summed E-state index contributed by atoms with van der Waals surface area (Å²) >= 11 is 0. The number of nitrogens with zero attached hydrogens (tertiary/aromatic N) is 3. The standard InChI is InChI=1S/C20H34N4O.HI/c1-6-21-20(22-12-14-23(4)16(2)3)24-13-11-18(15-24)17-7-9-19(25-5)10-8-17;/h7-10,16,18H,6,11-15H2,1-5H3,(H,21,22);1H. The van der Waals surface area contributed by atoms with Crippen LogP contribution in [0.2, 0.25) is 0 Å². The minimum absolute atomic E-state index is 0. The van der Waals surface area contributed by atoms with Gasteiger partial charge in [-0.3, -0.25) is 4.99 Å². The Morgan fingerprint density at radius 1 is 1.35 bits per heavy atom. The third kappa shape index (κ3) is 6.61. The molecule has 1 fully saturated rings. The molecule has 1 unspecified atom stereocenters. The summed E-state index contributed by atoms with van der Waals surface area (Å²) in [4.78, 5) is 9.57. The SMILES string of the molecule is CCNC(=NCCN(C)C(C)C)N1CCC(c2ccc(OC)cc2)C1.I. The average Bonchev–Trinajstić information content (AvgIpc) is 3.10. The van der Waals surface area contributed by atoms with Gasteiger partial charge < -0.3 is 19.9 Å². The smallest absolute Gasteiger partial charge is 0.193 e. The van der Waals surface area contributed by atoms with Crippen molar-refractivity contribution in [3.8, 4) is 5.75 Å². The molecule has 1 aromatic rings. The lowest BCUT2D eigenvalue weighted by molar-refractivity contribution is 0.281. The van der Waals surface area contributed by atoms with Gasteiger partial charge in [-0.2, -0.15) is 0 Å². The Morgan fingerprint density at radius 3 is 2.62 bits per heavy atom. The molecule has 0 saturated carbocycles. The van der Waals surface area contributed by atoms with E-state index in [-0.39, 0.29) is 24.0 Å². The predicted molar refractivity (Wildman–Crippen MR) is 121 cm³/mol. The number of halogens is 1. The molecule has 5 nitrogen and oxygen atoms in total. The molecule has 0 aromatic heterocycles. The zero-order chi connectivity index (χ0) is 18.2. The molecule has 2 rings (SSSR count). The molecule has 26 heavy (non-hydrogen) atoms. The van der Waals surface area contributed by atoms with Crippen LogP contribution in [0.3, 0.4) is 0 Å². The Morgan fingerprint density at radius 2 is 2.04 bits per heavy atom. The van der Waals surface area contributed by atoms with Gasteiger partial charge in [0, 0.05) is 38.1 Å². The van der Waals surface area contributed by atoms with Gasteiger partial charge in [-0.15, -0.1) is 24.0 Å². The first-order chi connectivity index (χ1) is 12.0. The highest BCUT2D eigenvalue weighted by atomic mass is 127. The van der Waals surface area contributed by atoms with E-state index in [2.05, 4.69) is 67.2 Å². The third-order valence-corrected chi connectivity index (χ3v) is 5.01. The second-order valence-corrected chi connectivity index (χ2v) is 7.01. The maximum Gasteiger partial charge on any atom is 0.193 e. The first kappa shape index (κ1) is 23.0. The highest BCUT2D eigenvalue weighted by Gasteiger charge is 2.26. The minimum atomic E-state index is 0. The number of benzene rings is 1. The van der Waals surface area contributed by atoms with Gasteiger partial charge in [0.1, 0.15) is 5.75 Å². The molecule has 1 heterocycles. The molecule has 1 saturated heterocycles. The lowest BCUT2D eigenvalue weighted by Gasteiger charge is -2.23. The molecule has 1 N–H and O–H groups in total. The van der Waals surface area contributed by atoms with Crippen LogP contribution in [0, 0.1) is 0 Å². The molecular formula is C20H35IN4O. The maximum atomic E-state index is 5.26. The van der Waals surface area contributed by atoms with Crippen molar-refractivity contribution in [2.45, 2.75) is 39.2 Å². The average molecular weight is 474 g/mol. The van der Waals surface area contributed by atoms with Crippen LogP contribution >= 0.6 is 24.0 Å². The lowest BCUT2D eigenvalue weighted by Crippen LogP contribution is -2.40. The van der Waals surface area contributed by atoms with E-state index in [1.165, 1.54) is 12.0 Å². The normalized spacial score (nSPS) is 17.6. The number of likely N-dealkylation sites (tertiary alicyclic amines) is 1. The van der Waals surface area contributed by atoms with E-state index < -0.39 is 0 Å². The van der Waals surface area contributed by atoms with Crippen molar-refractivity contribution in [1.29, 1.82) is 0 Å². The predicted octanol–water partition coefficient (Wildman–Crippen LogP) is 3.41. The van der Waals surface area contributed by atoms with E-state index in [1.807, 2.05) is 0 Å². The molecule has 1 aliphatic heterocycles. The van der Waals surface area contributed by atoms with Crippen LogP contribution in [-0.2, 0) is 0 Å². The zero-order valence-corrected chi connectivity index (χ0v) is 19.2. The Balaban J connectivity index is 0.00000338. The van der Waals surface area contributed by atoms with Crippen molar-refractivity contribution in [2.24, 2.45) is 4.99 Å². The van der Waals surface area contributed by atoms with Gasteiger partial charge in [0.2, 0.25) is 0 Å². The van der Waals surface area contributed by atoms with E-state index in [1.54, 1.807) is 7.11 Å². The first-order valence-electron chi connectivity index (χ1n) is 9.42. The summed E-state index contributed by atoms with van der Waals surface area (Å²) in [6, 6.07) is 9.05. The molecule has 1 aliphatic rings. The summed E-state index contributed by atoms with van der Waals surface area (Å²) in [5, 5.41) is 3.46. The molecule has 6 heteroatoms. The number of guanidine groups is 1. The number of ether oxygens (including phenoxy) is 1. The largest absolute Gasteiger partial charge is 0.497 e. The monoisotopic (exact) mass is 474 g/mol. The van der Waals surface area contributed by atoms with Crippen LogP contribution in [0.25, 0.3) is 0 Å². The first-order valence-corrected chi connectivity index (χ1v) is 9.42. The highest BCUT2D eigenvalue weighted by Crippen LogP contribution is 2.28. The summed E-state index contributed by atoms with van der Waals surface area (Å²) < 4.78 is 5.26. The van der Waals surface area contributed by atoms with E-state index >= 15 is 0 Å². The van der Waals surface area contributed by atoms with Crippen LogP contribution in [0.15, 0.2) is 29.3 Å². The third-order valence-electron chi connectivity index (χ3n) is 5.01. The molecule has 148 valence electrons. The second kappa shape index (κ2) is 11.6. The summed E-state index contributed by atoms with van der Waals surface area (Å²) in [5.74, 6) is 2.53. The van der Waals surface area contributed by atoms with Crippen LogP contribution in [-0.4, -0.2) is 68.7 Å². The lowest BCUT2D eigenvalue weighted by atomic mass is 9.98. The topological polar surface area (TPSA) is 40.1 Å². The zero-order valence-electron chi connectivity index (χ0n) is 16.9. The van der Waals surface area contributed by atoms with Gasteiger partial charge in [-0.05, 0) is 51.9 Å². The van der Waals surface area contributed by atoms with E-state index in [0.29, 0.717) is 12.0 Å². The van der Waals surface area contributed by atoms with Crippen LogP contribution in [0.4, 0.5) is 0 Å². The quantitative estimate of drug-likeness (QED) is 0.374. The molecule has 1 aromatic carbocycles. The molecular weight excluding hydrogens is 439 g/mol. The Bertz CT molecular complexity index is 547. The van der Waals surface area contributed by atoms with Gasteiger partial charge in [0.25, 0.3) is 0 Å². The molecule has 0 bridgehead atoms. The van der Waals surface area contributed by atoms with Crippen LogP contribution in [0.5, 0.6) is 5.75 Å². The highest BCUT2D eigenvalue weighted by molar-refractivity contribution is 14.0. The molecule has 0 amide bonds. The van der Waals surface area contributed by atoms with Crippen molar-refractivity contribution in [3.05, 3.63) is 29.8 Å². The fourth-order valence-corrected chi connectivity index (χ4v) is 3.10. The number of aliphatic imine (C=N–C) groups is 1. The number of hydrogen-bond donors (Lipinski definition) is 1. The number of rotatable bonds is 7. The summed E-state index contributed by atoms with van der Waals surface area (Å²) in [6.45, 7) is 11.4. The minimum Gasteiger partial charge on any atom is -0.497 e. The summed E-state index contributed by atoms with van der Waals surface area (Å²) in [6.07, 6.45) is 1.17. The van der Waals surface area contributed by atoms with Crippen molar-refractivity contribution < 1.29 is 4.74 Å². The van der Waals surface area contributed by atoms with Gasteiger partial charge >= 0.3 is 0 Å². The van der Waals surface area contributed by atoms with E-state index in [0.717, 1.165) is 44.4 Å². The fourth-order valence-electron chi connectivity index (χ4n) is 3.10. The molecule has 0 aliphatic carbocycles. The maximum absolute atomic E-state index is 5.26. The van der Waals surface area contributed by atoms with Crippen molar-refractivity contribution >= 4 is 29.9 Å². The van der Waals surface area contributed by atoms with E-state index in [9.17, 15) is 0 Å². The van der Waals surface area contributed by atoms with Gasteiger partial charge in [-0.25, -0.2) is 0 Å². The summed E-state index contributed by atoms with van der Waals surface area (Å²) in [5.41, 5.74) is 1.39. The molecule has 0 spiro atoms. The van der Waals surface area contributed by atoms with Crippen molar-refractivity contribution in [1.82, 2.24) is 15.1 Å². The Labute approximate surface area is 176 Å². The summed E-state index contributed by atoms with van der Waals surface area (Å²) in [7, 11) is 3.87. The second-order valence-electron chi connectivity index (χ2n) is 7.01. The van der Waals surface area contributed by atoms with Gasteiger partial charge in [0.15, 0.2) is 5.96 Å². The Kier molecular flexibility index (Phi) is 10.3. The van der Waals surface area contributed by atoms with Crippen LogP contribution in [0.1, 0.15) is 38.7 Å². The number of likely N-dealkylation sites (N-methyl/N-ethyl adjacent to an activating group) is 1. The number of hydrogen-bond acceptors (Lipinski definition) is 3. The fraction of sp³-hybridized carbons (Fsp3) is 0.650. The molecule has 0 radical (unpaired) electrons. The number of nitrogens with one attached hydrogen (secondary N) is 1. The van der Waals surface area contributed by atoms with Crippen molar-refractivity contribution in [2.75, 3.05) is 46.9 Å². The van der Waals surface area contributed by atoms with E-state index in [4.69, 9.17) is 9.73 Å². The van der Waals surface area contributed by atoms with Crippen LogP contribution < -0.4 is 10.1 Å². The van der Waals surface area contributed by atoms with Crippen molar-refractivity contribution in [3.63, 3.8) is 0 Å². The number of methoxy groups -OCH3 is 1. The molecule has 1 atom stereocenters. The van der Waals surface area contributed by atoms with Gasteiger partial charge in [0.05, 0.1) is 13.7 Å². The Hall–Kier alpha value is -1.02.